The van der Waals surface area contributed by atoms with Crippen molar-refractivity contribution in [3.63, 3.8) is 0 Å². The standard InChI is InChI=1S/C12H26N4/c1-15-6-8-16(9-7-15)5-4-14-12-3-2-11(13)10-12/h11-12,14H,2-10,13H2,1H3. The van der Waals surface area contributed by atoms with E-state index in [2.05, 4.69) is 22.2 Å². The van der Waals surface area contributed by atoms with Crippen molar-refractivity contribution in [2.45, 2.75) is 31.3 Å². The Bertz CT molecular complexity index is 201. The van der Waals surface area contributed by atoms with Gasteiger partial charge in [0.15, 0.2) is 0 Å². The highest BCUT2D eigenvalue weighted by atomic mass is 15.2. The van der Waals surface area contributed by atoms with Gasteiger partial charge in [-0.05, 0) is 26.3 Å². The Morgan fingerprint density at radius 2 is 1.94 bits per heavy atom. The minimum Gasteiger partial charge on any atom is -0.328 e. The molecule has 4 heteroatoms. The van der Waals surface area contributed by atoms with E-state index in [-0.39, 0.29) is 0 Å². The van der Waals surface area contributed by atoms with Crippen molar-refractivity contribution in [3.05, 3.63) is 0 Å². The van der Waals surface area contributed by atoms with Crippen LogP contribution in [0.15, 0.2) is 0 Å². The van der Waals surface area contributed by atoms with Crippen LogP contribution in [-0.4, -0.2) is 68.2 Å². The van der Waals surface area contributed by atoms with Gasteiger partial charge in [0.25, 0.3) is 0 Å². The molecule has 0 aromatic rings. The Morgan fingerprint density at radius 1 is 1.19 bits per heavy atom. The third-order valence-electron chi connectivity index (χ3n) is 3.93. The first-order valence-electron chi connectivity index (χ1n) is 6.64. The number of hydrogen-bond acceptors (Lipinski definition) is 4. The zero-order valence-corrected chi connectivity index (χ0v) is 10.5. The number of rotatable bonds is 4. The van der Waals surface area contributed by atoms with Crippen molar-refractivity contribution in [1.29, 1.82) is 0 Å². The fourth-order valence-corrected chi connectivity index (χ4v) is 2.70. The molecule has 0 spiro atoms. The van der Waals surface area contributed by atoms with Crippen LogP contribution in [0.3, 0.4) is 0 Å². The number of hydrogen-bond donors (Lipinski definition) is 2. The van der Waals surface area contributed by atoms with Crippen LogP contribution < -0.4 is 11.1 Å². The Morgan fingerprint density at radius 3 is 2.56 bits per heavy atom. The van der Waals surface area contributed by atoms with Gasteiger partial charge in [0.2, 0.25) is 0 Å². The highest BCUT2D eigenvalue weighted by molar-refractivity contribution is 4.83. The lowest BCUT2D eigenvalue weighted by Crippen LogP contribution is -2.47. The molecule has 2 fully saturated rings. The minimum atomic E-state index is 0.445. The van der Waals surface area contributed by atoms with Gasteiger partial charge in [-0.3, -0.25) is 4.90 Å². The van der Waals surface area contributed by atoms with Crippen LogP contribution in [0, 0.1) is 0 Å². The Balaban J connectivity index is 1.54. The van der Waals surface area contributed by atoms with E-state index in [4.69, 9.17) is 5.73 Å². The van der Waals surface area contributed by atoms with Gasteiger partial charge in [0, 0.05) is 51.4 Å². The lowest BCUT2D eigenvalue weighted by molar-refractivity contribution is 0.153. The lowest BCUT2D eigenvalue weighted by atomic mass is 10.2. The molecule has 1 aliphatic carbocycles. The summed E-state index contributed by atoms with van der Waals surface area (Å²) in [6.45, 7) is 7.20. The molecule has 0 amide bonds. The van der Waals surface area contributed by atoms with Gasteiger partial charge in [-0.2, -0.15) is 0 Å². The second-order valence-electron chi connectivity index (χ2n) is 5.37. The van der Waals surface area contributed by atoms with E-state index < -0.39 is 0 Å². The molecular formula is C12H26N4. The first-order chi connectivity index (χ1) is 7.74. The summed E-state index contributed by atoms with van der Waals surface area (Å²) in [6, 6.07) is 1.13. The summed E-state index contributed by atoms with van der Waals surface area (Å²) < 4.78 is 0. The molecule has 94 valence electrons. The van der Waals surface area contributed by atoms with Crippen LogP contribution in [0.5, 0.6) is 0 Å². The van der Waals surface area contributed by atoms with E-state index in [9.17, 15) is 0 Å². The van der Waals surface area contributed by atoms with Crippen LogP contribution in [0.4, 0.5) is 0 Å². The summed E-state index contributed by atoms with van der Waals surface area (Å²) in [5.74, 6) is 0. The molecular weight excluding hydrogens is 200 g/mol. The Hall–Kier alpha value is -0.160. The molecule has 1 aliphatic heterocycles. The predicted octanol–water partition coefficient (Wildman–Crippen LogP) is -0.297. The van der Waals surface area contributed by atoms with Crippen molar-refractivity contribution < 1.29 is 0 Å². The zero-order valence-electron chi connectivity index (χ0n) is 10.5. The molecule has 3 N–H and O–H groups in total. The van der Waals surface area contributed by atoms with Crippen molar-refractivity contribution >= 4 is 0 Å². The average molecular weight is 226 g/mol. The second kappa shape index (κ2) is 5.96. The molecule has 2 rings (SSSR count). The van der Waals surface area contributed by atoms with Gasteiger partial charge >= 0.3 is 0 Å². The number of nitrogens with zero attached hydrogens (tertiary/aromatic N) is 2. The maximum absolute atomic E-state index is 5.90. The number of piperazine rings is 1. The quantitative estimate of drug-likeness (QED) is 0.691. The van der Waals surface area contributed by atoms with E-state index in [1.165, 1.54) is 52.0 Å². The van der Waals surface area contributed by atoms with Crippen LogP contribution in [0.2, 0.25) is 0 Å². The third-order valence-corrected chi connectivity index (χ3v) is 3.93. The molecule has 16 heavy (non-hydrogen) atoms. The average Bonchev–Trinajstić information content (AvgIpc) is 2.67. The largest absolute Gasteiger partial charge is 0.328 e. The summed E-state index contributed by atoms with van der Waals surface area (Å²) in [5.41, 5.74) is 5.90. The maximum Gasteiger partial charge on any atom is 0.0110 e. The first kappa shape index (κ1) is 12.3. The molecule has 1 heterocycles. The number of likely N-dealkylation sites (N-methyl/N-ethyl adjacent to an activating group) is 1. The minimum absolute atomic E-state index is 0.445. The smallest absolute Gasteiger partial charge is 0.0110 e. The van der Waals surface area contributed by atoms with Crippen molar-refractivity contribution in [3.8, 4) is 0 Å². The van der Waals surface area contributed by atoms with Crippen LogP contribution in [-0.2, 0) is 0 Å². The third kappa shape index (κ3) is 3.70. The molecule has 0 radical (unpaired) electrons. The fraction of sp³-hybridized carbons (Fsp3) is 1.00. The zero-order chi connectivity index (χ0) is 11.4. The molecule has 0 aromatic carbocycles. The topological polar surface area (TPSA) is 44.5 Å². The molecule has 1 saturated heterocycles. The highest BCUT2D eigenvalue weighted by Crippen LogP contribution is 2.16. The highest BCUT2D eigenvalue weighted by Gasteiger charge is 2.21. The van der Waals surface area contributed by atoms with Gasteiger partial charge < -0.3 is 16.0 Å². The summed E-state index contributed by atoms with van der Waals surface area (Å²) in [6.07, 6.45) is 3.64. The van der Waals surface area contributed by atoms with Crippen molar-refractivity contribution in [2.75, 3.05) is 46.3 Å². The molecule has 1 saturated carbocycles. The van der Waals surface area contributed by atoms with E-state index in [0.29, 0.717) is 12.1 Å². The first-order valence-corrected chi connectivity index (χ1v) is 6.64. The van der Waals surface area contributed by atoms with Crippen molar-refractivity contribution in [2.24, 2.45) is 5.73 Å². The van der Waals surface area contributed by atoms with E-state index in [0.717, 1.165) is 6.54 Å². The fourth-order valence-electron chi connectivity index (χ4n) is 2.70. The number of nitrogens with one attached hydrogen (secondary N) is 1. The van der Waals surface area contributed by atoms with Gasteiger partial charge in [-0.25, -0.2) is 0 Å². The molecule has 2 aliphatic rings. The summed E-state index contributed by atoms with van der Waals surface area (Å²) in [5, 5.41) is 3.64. The van der Waals surface area contributed by atoms with Gasteiger partial charge in [0.05, 0.1) is 0 Å². The molecule has 2 atom stereocenters. The van der Waals surface area contributed by atoms with E-state index >= 15 is 0 Å². The van der Waals surface area contributed by atoms with Gasteiger partial charge in [0.1, 0.15) is 0 Å². The number of nitrogens with two attached hydrogens (primary N) is 1. The molecule has 2 unspecified atom stereocenters. The Kier molecular flexibility index (Phi) is 4.58. The predicted molar refractivity (Wildman–Crippen MR) is 67.6 cm³/mol. The van der Waals surface area contributed by atoms with Crippen LogP contribution in [0.1, 0.15) is 19.3 Å². The SMILES string of the molecule is CN1CCN(CCNC2CCC(N)C2)CC1. The summed E-state index contributed by atoms with van der Waals surface area (Å²) in [4.78, 5) is 4.96. The van der Waals surface area contributed by atoms with Crippen molar-refractivity contribution in [1.82, 2.24) is 15.1 Å². The molecule has 0 aromatic heterocycles. The maximum atomic E-state index is 5.90. The summed E-state index contributed by atoms with van der Waals surface area (Å²) >= 11 is 0. The van der Waals surface area contributed by atoms with Gasteiger partial charge in [-0.1, -0.05) is 0 Å². The lowest BCUT2D eigenvalue weighted by Gasteiger charge is -2.32. The van der Waals surface area contributed by atoms with E-state index in [1.54, 1.807) is 0 Å². The molecule has 4 nitrogen and oxygen atoms in total. The monoisotopic (exact) mass is 226 g/mol. The molecule has 0 bridgehead atoms. The van der Waals surface area contributed by atoms with Crippen LogP contribution >= 0.6 is 0 Å². The normalized spacial score (nSPS) is 33.4. The van der Waals surface area contributed by atoms with E-state index in [1.807, 2.05) is 0 Å². The summed E-state index contributed by atoms with van der Waals surface area (Å²) in [7, 11) is 2.20. The van der Waals surface area contributed by atoms with Gasteiger partial charge in [-0.15, -0.1) is 0 Å². The van der Waals surface area contributed by atoms with Crippen LogP contribution in [0.25, 0.3) is 0 Å². The Labute approximate surface area is 99.2 Å². The second-order valence-corrected chi connectivity index (χ2v) is 5.37.